The van der Waals surface area contributed by atoms with Crippen molar-refractivity contribution in [2.75, 3.05) is 0 Å². The first kappa shape index (κ1) is 15.2. The first-order valence-corrected chi connectivity index (χ1v) is 6.84. The van der Waals surface area contributed by atoms with E-state index >= 15 is 0 Å². The van der Waals surface area contributed by atoms with Gasteiger partial charge in [0.15, 0.2) is 0 Å². The summed E-state index contributed by atoms with van der Waals surface area (Å²) in [5.74, 6) is 0.622. The van der Waals surface area contributed by atoms with Gasteiger partial charge >= 0.3 is 0 Å². The fourth-order valence-corrected chi connectivity index (χ4v) is 1.96. The Balaban J connectivity index is 2.80. The Labute approximate surface area is 111 Å². The second kappa shape index (κ2) is 6.35. The predicted molar refractivity (Wildman–Crippen MR) is 77.5 cm³/mol. The van der Waals surface area contributed by atoms with Crippen molar-refractivity contribution in [3.05, 3.63) is 35.9 Å². The highest BCUT2D eigenvalue weighted by atomic mass is 16.3. The molecule has 1 aromatic rings. The zero-order valence-corrected chi connectivity index (χ0v) is 12.3. The van der Waals surface area contributed by atoms with Crippen molar-refractivity contribution < 1.29 is 5.11 Å². The zero-order chi connectivity index (χ0) is 13.8. The van der Waals surface area contributed by atoms with Gasteiger partial charge in [-0.05, 0) is 38.7 Å². The van der Waals surface area contributed by atoms with E-state index in [9.17, 15) is 5.11 Å². The molecule has 0 aromatic heterocycles. The molecule has 0 aliphatic rings. The van der Waals surface area contributed by atoms with Gasteiger partial charge < -0.3 is 10.4 Å². The molecule has 0 aliphatic carbocycles. The third-order valence-electron chi connectivity index (χ3n) is 3.42. The molecule has 0 aliphatic heterocycles. The molecule has 0 radical (unpaired) electrons. The largest absolute Gasteiger partial charge is 0.389 e. The van der Waals surface area contributed by atoms with Gasteiger partial charge in [0.25, 0.3) is 0 Å². The molecular formula is C16H27NO. The van der Waals surface area contributed by atoms with E-state index in [1.807, 2.05) is 26.8 Å². The molecule has 1 aromatic carbocycles. The van der Waals surface area contributed by atoms with Gasteiger partial charge in [-0.3, -0.25) is 0 Å². The zero-order valence-electron chi connectivity index (χ0n) is 12.3. The van der Waals surface area contributed by atoms with Gasteiger partial charge in [-0.25, -0.2) is 0 Å². The lowest BCUT2D eigenvalue weighted by Crippen LogP contribution is -2.46. The Morgan fingerprint density at radius 1 is 1.11 bits per heavy atom. The molecule has 0 heterocycles. The van der Waals surface area contributed by atoms with E-state index in [1.165, 1.54) is 5.56 Å². The van der Waals surface area contributed by atoms with Gasteiger partial charge in [0.1, 0.15) is 0 Å². The van der Waals surface area contributed by atoms with Crippen molar-refractivity contribution >= 4 is 0 Å². The summed E-state index contributed by atoms with van der Waals surface area (Å²) in [4.78, 5) is 0. The van der Waals surface area contributed by atoms with E-state index < -0.39 is 5.60 Å². The minimum atomic E-state index is -0.704. The van der Waals surface area contributed by atoms with Crippen molar-refractivity contribution in [1.29, 1.82) is 0 Å². The summed E-state index contributed by atoms with van der Waals surface area (Å²) < 4.78 is 0. The third kappa shape index (κ3) is 4.79. The summed E-state index contributed by atoms with van der Waals surface area (Å²) in [7, 11) is 0. The molecule has 2 atom stereocenters. The minimum Gasteiger partial charge on any atom is -0.389 e. The molecular weight excluding hydrogens is 222 g/mol. The molecule has 0 bridgehead atoms. The first-order chi connectivity index (χ1) is 8.30. The number of nitrogens with one attached hydrogen (secondary N) is 1. The molecule has 2 unspecified atom stereocenters. The molecule has 0 saturated heterocycles. The summed E-state index contributed by atoms with van der Waals surface area (Å²) in [5, 5.41) is 13.6. The van der Waals surface area contributed by atoms with E-state index in [-0.39, 0.29) is 6.04 Å². The average Bonchev–Trinajstić information content (AvgIpc) is 2.27. The quantitative estimate of drug-likeness (QED) is 0.808. The van der Waals surface area contributed by atoms with Crippen LogP contribution in [0, 0.1) is 5.92 Å². The lowest BCUT2D eigenvalue weighted by atomic mass is 9.93. The van der Waals surface area contributed by atoms with Crippen LogP contribution in [-0.4, -0.2) is 16.7 Å². The smallest absolute Gasteiger partial charge is 0.0741 e. The summed E-state index contributed by atoms with van der Waals surface area (Å²) in [6.07, 6.45) is 1.07. The Morgan fingerprint density at radius 2 is 1.67 bits per heavy atom. The van der Waals surface area contributed by atoms with Crippen molar-refractivity contribution in [1.82, 2.24) is 5.32 Å². The normalized spacial score (nSPS) is 15.7. The standard InChI is InChI=1S/C16H27NO/c1-12(2)11-15(14-9-7-6-8-10-14)17-13(3)16(4,5)18/h6-10,12-13,15,17-18H,11H2,1-5H3. The maximum atomic E-state index is 10.1. The van der Waals surface area contributed by atoms with E-state index in [2.05, 4.69) is 43.4 Å². The predicted octanol–water partition coefficient (Wildman–Crippen LogP) is 3.52. The summed E-state index contributed by atoms with van der Waals surface area (Å²) in [6, 6.07) is 10.8. The van der Waals surface area contributed by atoms with Crippen LogP contribution in [0.2, 0.25) is 0 Å². The lowest BCUT2D eigenvalue weighted by Gasteiger charge is -2.32. The fourth-order valence-electron chi connectivity index (χ4n) is 1.96. The second-order valence-electron chi connectivity index (χ2n) is 6.13. The summed E-state index contributed by atoms with van der Waals surface area (Å²) in [5.41, 5.74) is 0.589. The van der Waals surface area contributed by atoms with Crippen LogP contribution in [0.5, 0.6) is 0 Å². The van der Waals surface area contributed by atoms with Gasteiger partial charge in [-0.15, -0.1) is 0 Å². The highest BCUT2D eigenvalue weighted by Gasteiger charge is 2.25. The second-order valence-corrected chi connectivity index (χ2v) is 6.13. The van der Waals surface area contributed by atoms with E-state index in [0.29, 0.717) is 12.0 Å². The number of benzene rings is 1. The number of hydrogen-bond donors (Lipinski definition) is 2. The minimum absolute atomic E-state index is 0.0569. The molecule has 0 fully saturated rings. The Hall–Kier alpha value is -0.860. The van der Waals surface area contributed by atoms with Crippen molar-refractivity contribution in [2.45, 2.75) is 58.7 Å². The molecule has 2 N–H and O–H groups in total. The number of hydrogen-bond acceptors (Lipinski definition) is 2. The number of rotatable bonds is 6. The van der Waals surface area contributed by atoms with Gasteiger partial charge in [0.2, 0.25) is 0 Å². The highest BCUT2D eigenvalue weighted by Crippen LogP contribution is 2.23. The van der Waals surface area contributed by atoms with Crippen LogP contribution in [0.3, 0.4) is 0 Å². The molecule has 0 spiro atoms. The maximum Gasteiger partial charge on any atom is 0.0741 e. The Bertz CT molecular complexity index is 340. The topological polar surface area (TPSA) is 32.3 Å². The van der Waals surface area contributed by atoms with Crippen LogP contribution in [0.15, 0.2) is 30.3 Å². The maximum absolute atomic E-state index is 10.1. The third-order valence-corrected chi connectivity index (χ3v) is 3.42. The van der Waals surface area contributed by atoms with E-state index in [1.54, 1.807) is 0 Å². The molecule has 0 amide bonds. The van der Waals surface area contributed by atoms with Crippen LogP contribution in [0.4, 0.5) is 0 Å². The molecule has 2 nitrogen and oxygen atoms in total. The fraction of sp³-hybridized carbons (Fsp3) is 0.625. The molecule has 2 heteroatoms. The molecule has 102 valence electrons. The first-order valence-electron chi connectivity index (χ1n) is 6.84. The average molecular weight is 249 g/mol. The van der Waals surface area contributed by atoms with Crippen molar-refractivity contribution in [3.8, 4) is 0 Å². The number of aliphatic hydroxyl groups is 1. The highest BCUT2D eigenvalue weighted by molar-refractivity contribution is 5.19. The van der Waals surface area contributed by atoms with Crippen molar-refractivity contribution in [3.63, 3.8) is 0 Å². The van der Waals surface area contributed by atoms with Crippen LogP contribution in [-0.2, 0) is 0 Å². The van der Waals surface area contributed by atoms with E-state index in [4.69, 9.17) is 0 Å². The van der Waals surface area contributed by atoms with Crippen LogP contribution >= 0.6 is 0 Å². The summed E-state index contributed by atoms with van der Waals surface area (Å²) in [6.45, 7) is 10.2. The molecule has 18 heavy (non-hydrogen) atoms. The van der Waals surface area contributed by atoms with Crippen molar-refractivity contribution in [2.24, 2.45) is 5.92 Å². The van der Waals surface area contributed by atoms with Crippen LogP contribution in [0.25, 0.3) is 0 Å². The molecule has 0 saturated carbocycles. The lowest BCUT2D eigenvalue weighted by molar-refractivity contribution is 0.0386. The van der Waals surface area contributed by atoms with Gasteiger partial charge in [-0.2, -0.15) is 0 Å². The molecule has 1 rings (SSSR count). The SMILES string of the molecule is CC(C)CC(NC(C)C(C)(C)O)c1ccccc1. The summed E-state index contributed by atoms with van der Waals surface area (Å²) >= 11 is 0. The monoisotopic (exact) mass is 249 g/mol. The van der Waals surface area contributed by atoms with E-state index in [0.717, 1.165) is 6.42 Å². The van der Waals surface area contributed by atoms with Gasteiger partial charge in [-0.1, -0.05) is 44.2 Å². The van der Waals surface area contributed by atoms with Gasteiger partial charge in [0.05, 0.1) is 5.60 Å². The Morgan fingerprint density at radius 3 is 2.11 bits per heavy atom. The van der Waals surface area contributed by atoms with Crippen LogP contribution in [0.1, 0.15) is 52.6 Å². The Kier molecular flexibility index (Phi) is 5.36. The van der Waals surface area contributed by atoms with Gasteiger partial charge in [0, 0.05) is 12.1 Å². The van der Waals surface area contributed by atoms with Crippen LogP contribution < -0.4 is 5.32 Å².